The van der Waals surface area contributed by atoms with Crippen LogP contribution in [-0.4, -0.2) is 28.8 Å². The molecule has 2 rings (SSSR count). The van der Waals surface area contributed by atoms with E-state index in [2.05, 4.69) is 25.3 Å². The zero-order valence-corrected chi connectivity index (χ0v) is 12.8. The van der Waals surface area contributed by atoms with Crippen LogP contribution in [0, 0.1) is 17.8 Å². The number of fused-ring (bicyclic) bond motifs is 1. The normalized spacial score (nSPS) is 31.9. The molecule has 1 saturated carbocycles. The molecular formula is C17H31NO. The van der Waals surface area contributed by atoms with Gasteiger partial charge in [0.1, 0.15) is 5.72 Å². The van der Waals surface area contributed by atoms with E-state index in [1.165, 1.54) is 19.3 Å². The van der Waals surface area contributed by atoms with Crippen molar-refractivity contribution in [1.29, 1.82) is 0 Å². The lowest BCUT2D eigenvalue weighted by molar-refractivity contribution is -0.133. The number of hydrogen-bond donors (Lipinski definition) is 1. The van der Waals surface area contributed by atoms with Crippen molar-refractivity contribution in [3.05, 3.63) is 12.7 Å². The Kier molecular flexibility index (Phi) is 5.08. The molecule has 0 spiro atoms. The lowest BCUT2D eigenvalue weighted by Crippen LogP contribution is -2.51. The van der Waals surface area contributed by atoms with Gasteiger partial charge in [-0.3, -0.25) is 4.90 Å². The highest BCUT2D eigenvalue weighted by Crippen LogP contribution is 2.42. The lowest BCUT2D eigenvalue weighted by Gasteiger charge is -2.41. The van der Waals surface area contributed by atoms with Crippen LogP contribution in [0.4, 0.5) is 0 Å². The van der Waals surface area contributed by atoms with Crippen molar-refractivity contribution >= 4 is 0 Å². The third kappa shape index (κ3) is 3.22. The predicted octanol–water partition coefficient (Wildman–Crippen LogP) is 3.81. The summed E-state index contributed by atoms with van der Waals surface area (Å²) in [6.45, 7) is 10.3. The molecule has 0 aromatic carbocycles. The van der Waals surface area contributed by atoms with E-state index in [0.717, 1.165) is 50.6 Å². The first-order chi connectivity index (χ1) is 9.09. The van der Waals surface area contributed by atoms with E-state index < -0.39 is 5.72 Å². The molecule has 4 unspecified atom stereocenters. The topological polar surface area (TPSA) is 23.5 Å². The summed E-state index contributed by atoms with van der Waals surface area (Å²) in [6, 6.07) is 0. The van der Waals surface area contributed by atoms with Gasteiger partial charge in [0.2, 0.25) is 0 Å². The first-order valence-corrected chi connectivity index (χ1v) is 8.17. The molecule has 110 valence electrons. The standard InChI is InChI=1S/C17H31NO/c1-4-6-11-16(8-5-2)17(3,19)18-12-14-9-7-10-15(14)13-18/h4,14-16,19H,1,5-13H2,2-3H3. The molecule has 2 fully saturated rings. The Morgan fingerprint density at radius 1 is 1.32 bits per heavy atom. The number of allylic oxidation sites excluding steroid dienone is 1. The van der Waals surface area contributed by atoms with Crippen LogP contribution in [0.2, 0.25) is 0 Å². The van der Waals surface area contributed by atoms with Crippen LogP contribution in [0.25, 0.3) is 0 Å². The van der Waals surface area contributed by atoms with Crippen molar-refractivity contribution in [3.63, 3.8) is 0 Å². The minimum atomic E-state index is -0.622. The third-order valence-corrected chi connectivity index (χ3v) is 5.50. The smallest absolute Gasteiger partial charge is 0.118 e. The van der Waals surface area contributed by atoms with Crippen molar-refractivity contribution in [1.82, 2.24) is 4.90 Å². The molecule has 0 aromatic rings. The molecule has 0 amide bonds. The van der Waals surface area contributed by atoms with Gasteiger partial charge in [0, 0.05) is 19.0 Å². The highest BCUT2D eigenvalue weighted by atomic mass is 16.3. The second kappa shape index (κ2) is 6.41. The van der Waals surface area contributed by atoms with Crippen LogP contribution in [0.5, 0.6) is 0 Å². The van der Waals surface area contributed by atoms with E-state index in [4.69, 9.17) is 0 Å². The molecule has 2 heteroatoms. The van der Waals surface area contributed by atoms with Crippen LogP contribution < -0.4 is 0 Å². The van der Waals surface area contributed by atoms with Gasteiger partial charge < -0.3 is 5.11 Å². The van der Waals surface area contributed by atoms with Gasteiger partial charge in [-0.2, -0.15) is 0 Å². The fourth-order valence-electron chi connectivity index (χ4n) is 4.22. The zero-order valence-electron chi connectivity index (χ0n) is 12.8. The largest absolute Gasteiger partial charge is 0.376 e. The van der Waals surface area contributed by atoms with Crippen molar-refractivity contribution < 1.29 is 5.11 Å². The van der Waals surface area contributed by atoms with Gasteiger partial charge in [0.15, 0.2) is 0 Å². The van der Waals surface area contributed by atoms with Gasteiger partial charge in [-0.15, -0.1) is 6.58 Å². The molecule has 1 saturated heterocycles. The molecule has 4 atom stereocenters. The van der Waals surface area contributed by atoms with E-state index in [1.54, 1.807) is 0 Å². The van der Waals surface area contributed by atoms with Crippen LogP contribution in [-0.2, 0) is 0 Å². The van der Waals surface area contributed by atoms with Crippen LogP contribution in [0.1, 0.15) is 58.8 Å². The lowest BCUT2D eigenvalue weighted by atomic mass is 9.87. The van der Waals surface area contributed by atoms with Crippen molar-refractivity contribution in [2.45, 2.75) is 64.5 Å². The Morgan fingerprint density at radius 3 is 2.47 bits per heavy atom. The molecule has 1 heterocycles. The summed E-state index contributed by atoms with van der Waals surface area (Å²) in [5, 5.41) is 11.1. The van der Waals surface area contributed by atoms with Gasteiger partial charge in [0.05, 0.1) is 0 Å². The van der Waals surface area contributed by atoms with Crippen LogP contribution >= 0.6 is 0 Å². The van der Waals surface area contributed by atoms with Crippen LogP contribution in [0.15, 0.2) is 12.7 Å². The summed E-state index contributed by atoms with van der Waals surface area (Å²) in [5.41, 5.74) is -0.622. The number of rotatable bonds is 7. The molecule has 19 heavy (non-hydrogen) atoms. The van der Waals surface area contributed by atoms with Crippen LogP contribution in [0.3, 0.4) is 0 Å². The van der Waals surface area contributed by atoms with Crippen molar-refractivity contribution in [2.24, 2.45) is 17.8 Å². The van der Waals surface area contributed by atoms with Gasteiger partial charge >= 0.3 is 0 Å². The number of nitrogens with zero attached hydrogens (tertiary/aromatic N) is 1. The maximum Gasteiger partial charge on any atom is 0.118 e. The Morgan fingerprint density at radius 2 is 1.95 bits per heavy atom. The monoisotopic (exact) mass is 265 g/mol. The summed E-state index contributed by atoms with van der Waals surface area (Å²) in [7, 11) is 0. The highest BCUT2D eigenvalue weighted by Gasteiger charge is 2.45. The van der Waals surface area contributed by atoms with E-state index in [0.29, 0.717) is 5.92 Å². The summed E-state index contributed by atoms with van der Waals surface area (Å²) in [4.78, 5) is 2.38. The first-order valence-electron chi connectivity index (χ1n) is 8.17. The van der Waals surface area contributed by atoms with Crippen molar-refractivity contribution in [2.75, 3.05) is 13.1 Å². The summed E-state index contributed by atoms with van der Waals surface area (Å²) in [5.74, 6) is 2.09. The summed E-state index contributed by atoms with van der Waals surface area (Å²) >= 11 is 0. The van der Waals surface area contributed by atoms with E-state index in [9.17, 15) is 5.11 Å². The van der Waals surface area contributed by atoms with Gasteiger partial charge in [-0.1, -0.05) is 25.8 Å². The number of aliphatic hydroxyl groups is 1. The molecule has 0 radical (unpaired) electrons. The quantitative estimate of drug-likeness (QED) is 0.708. The Labute approximate surface area is 118 Å². The molecule has 2 aliphatic rings. The SMILES string of the molecule is C=CCCC(CCC)C(C)(O)N1CC2CCCC2C1. The summed E-state index contributed by atoms with van der Waals surface area (Å²) < 4.78 is 0. The van der Waals surface area contributed by atoms with E-state index in [-0.39, 0.29) is 0 Å². The maximum atomic E-state index is 11.1. The molecule has 0 bridgehead atoms. The van der Waals surface area contributed by atoms with Crippen molar-refractivity contribution in [3.8, 4) is 0 Å². The first kappa shape index (κ1) is 15.1. The molecule has 1 aliphatic heterocycles. The average Bonchev–Trinajstić information content (AvgIpc) is 2.94. The Hall–Kier alpha value is -0.340. The average molecular weight is 265 g/mol. The highest BCUT2D eigenvalue weighted by molar-refractivity contribution is 4.95. The minimum absolute atomic E-state index is 0.384. The molecule has 0 aromatic heterocycles. The Balaban J connectivity index is 1.99. The number of hydrogen-bond acceptors (Lipinski definition) is 2. The predicted molar refractivity (Wildman–Crippen MR) is 80.9 cm³/mol. The molecule has 2 nitrogen and oxygen atoms in total. The fourth-order valence-corrected chi connectivity index (χ4v) is 4.22. The van der Waals surface area contributed by atoms with Gasteiger partial charge in [0.25, 0.3) is 0 Å². The summed E-state index contributed by atoms with van der Waals surface area (Å²) in [6.07, 6.45) is 10.5. The zero-order chi connectivity index (χ0) is 13.9. The Bertz CT molecular complexity index is 288. The molecule has 1 aliphatic carbocycles. The second-order valence-corrected chi connectivity index (χ2v) is 6.80. The minimum Gasteiger partial charge on any atom is -0.376 e. The van der Waals surface area contributed by atoms with Gasteiger partial charge in [-0.25, -0.2) is 0 Å². The van der Waals surface area contributed by atoms with E-state index >= 15 is 0 Å². The third-order valence-electron chi connectivity index (χ3n) is 5.50. The maximum absolute atomic E-state index is 11.1. The fraction of sp³-hybridized carbons (Fsp3) is 0.882. The molecule has 1 N–H and O–H groups in total. The van der Waals surface area contributed by atoms with Gasteiger partial charge in [-0.05, 0) is 50.9 Å². The second-order valence-electron chi connectivity index (χ2n) is 6.80. The number of likely N-dealkylation sites (tertiary alicyclic amines) is 1. The molecular weight excluding hydrogens is 234 g/mol. The van der Waals surface area contributed by atoms with E-state index in [1.807, 2.05) is 6.08 Å².